The van der Waals surface area contributed by atoms with Crippen LogP contribution in [0.4, 0.5) is 10.1 Å². The number of aryl methyl sites for hydroxylation is 1. The number of anilines is 1. The molecule has 0 spiro atoms. The second-order valence-electron chi connectivity index (χ2n) is 3.91. The fourth-order valence-corrected chi connectivity index (χ4v) is 1.31. The summed E-state index contributed by atoms with van der Waals surface area (Å²) in [6.45, 7) is 4.25. The molecule has 3 nitrogen and oxygen atoms in total. The Morgan fingerprint density at radius 1 is 1.47 bits per heavy atom. The molecule has 4 heteroatoms. The van der Waals surface area contributed by atoms with Crippen LogP contribution in [0.5, 0.6) is 0 Å². The maximum atomic E-state index is 13.4. The van der Waals surface area contributed by atoms with Crippen LogP contribution >= 0.6 is 0 Å². The van der Waals surface area contributed by atoms with Gasteiger partial charge in [-0.05, 0) is 31.0 Å². The Balaban J connectivity index is 2.37. The molecule has 0 aliphatic heterocycles. The van der Waals surface area contributed by atoms with Crippen LogP contribution in [-0.4, -0.2) is 19.1 Å². The van der Waals surface area contributed by atoms with Crippen LogP contribution in [0, 0.1) is 12.7 Å². The molecular weight excluding hydrogens is 221 g/mol. The van der Waals surface area contributed by atoms with Gasteiger partial charge in [0, 0.05) is 0 Å². The molecule has 0 atom stereocenters. The summed E-state index contributed by atoms with van der Waals surface area (Å²) in [6, 6.07) is 4.82. The van der Waals surface area contributed by atoms with Gasteiger partial charge >= 0.3 is 5.97 Å². The first-order valence-electron chi connectivity index (χ1n) is 5.79. The molecule has 0 unspecified atom stereocenters. The van der Waals surface area contributed by atoms with Crippen LogP contribution in [0.2, 0.25) is 0 Å². The summed E-state index contributed by atoms with van der Waals surface area (Å²) in [5, 5.41) is 2.72. The maximum absolute atomic E-state index is 13.4. The number of unbranched alkanes of at least 4 members (excludes halogenated alkanes) is 1. The lowest BCUT2D eigenvalue weighted by atomic mass is 10.2. The molecular formula is C13H18FNO2. The molecule has 0 aliphatic carbocycles. The van der Waals surface area contributed by atoms with E-state index in [9.17, 15) is 9.18 Å². The Morgan fingerprint density at radius 2 is 2.24 bits per heavy atom. The summed E-state index contributed by atoms with van der Waals surface area (Å²) in [5.41, 5.74) is 1.17. The number of nitrogens with one attached hydrogen (secondary N) is 1. The molecule has 1 aromatic carbocycles. The molecule has 0 aliphatic rings. The van der Waals surface area contributed by atoms with Gasteiger partial charge in [-0.3, -0.25) is 4.79 Å². The van der Waals surface area contributed by atoms with Crippen molar-refractivity contribution in [2.24, 2.45) is 0 Å². The van der Waals surface area contributed by atoms with Crippen molar-refractivity contribution in [2.45, 2.75) is 26.7 Å². The molecule has 0 saturated heterocycles. The third kappa shape index (κ3) is 4.85. The van der Waals surface area contributed by atoms with Crippen molar-refractivity contribution in [3.8, 4) is 0 Å². The second kappa shape index (κ2) is 6.89. The summed E-state index contributed by atoms with van der Waals surface area (Å²) < 4.78 is 18.3. The van der Waals surface area contributed by atoms with Gasteiger partial charge in [0.25, 0.3) is 0 Å². The molecule has 0 aromatic heterocycles. The zero-order valence-electron chi connectivity index (χ0n) is 10.3. The Hall–Kier alpha value is -1.58. The topological polar surface area (TPSA) is 38.3 Å². The average Bonchev–Trinajstić information content (AvgIpc) is 2.28. The number of hydrogen-bond donors (Lipinski definition) is 1. The van der Waals surface area contributed by atoms with E-state index in [0.29, 0.717) is 12.3 Å². The lowest BCUT2D eigenvalue weighted by Crippen LogP contribution is -2.18. The zero-order chi connectivity index (χ0) is 12.7. The van der Waals surface area contributed by atoms with E-state index < -0.39 is 0 Å². The number of hydrogen-bond acceptors (Lipinski definition) is 3. The molecule has 0 heterocycles. The Labute approximate surface area is 101 Å². The quantitative estimate of drug-likeness (QED) is 0.612. The normalized spacial score (nSPS) is 10.1. The molecule has 1 aromatic rings. The zero-order valence-corrected chi connectivity index (χ0v) is 10.3. The number of halogens is 1. The molecule has 0 radical (unpaired) electrons. The van der Waals surface area contributed by atoms with E-state index in [1.807, 2.05) is 13.8 Å². The highest BCUT2D eigenvalue weighted by molar-refractivity contribution is 5.75. The maximum Gasteiger partial charge on any atom is 0.325 e. The first-order valence-corrected chi connectivity index (χ1v) is 5.79. The van der Waals surface area contributed by atoms with E-state index in [0.717, 1.165) is 18.4 Å². The van der Waals surface area contributed by atoms with Gasteiger partial charge in [0.2, 0.25) is 0 Å². The van der Waals surface area contributed by atoms with Gasteiger partial charge in [-0.2, -0.15) is 0 Å². The third-order valence-corrected chi connectivity index (χ3v) is 2.31. The summed E-state index contributed by atoms with van der Waals surface area (Å²) >= 11 is 0. The number of carbonyl (C=O) groups is 1. The minimum atomic E-state index is -0.363. The predicted octanol–water partition coefficient (Wildman–Crippen LogP) is 2.89. The summed E-state index contributed by atoms with van der Waals surface area (Å²) in [4.78, 5) is 11.3. The highest BCUT2D eigenvalue weighted by atomic mass is 19.1. The van der Waals surface area contributed by atoms with E-state index >= 15 is 0 Å². The van der Waals surface area contributed by atoms with Crippen molar-refractivity contribution in [3.05, 3.63) is 29.6 Å². The molecule has 0 fully saturated rings. The summed E-state index contributed by atoms with van der Waals surface area (Å²) in [5.74, 6) is -0.718. The van der Waals surface area contributed by atoms with Crippen LogP contribution in [0.1, 0.15) is 25.3 Å². The molecule has 94 valence electrons. The molecule has 1 rings (SSSR count). The molecule has 0 saturated carbocycles. The standard InChI is InChI=1S/C13H18FNO2/c1-3-4-7-17-13(16)9-15-12-6-5-10(2)8-11(12)14/h5-6,8,15H,3-4,7,9H2,1-2H3. The van der Waals surface area contributed by atoms with Crippen molar-refractivity contribution in [3.63, 3.8) is 0 Å². The number of carbonyl (C=O) groups excluding carboxylic acids is 1. The predicted molar refractivity (Wildman–Crippen MR) is 65.5 cm³/mol. The Bertz CT molecular complexity index is 380. The lowest BCUT2D eigenvalue weighted by molar-refractivity contribution is -0.141. The number of benzene rings is 1. The third-order valence-electron chi connectivity index (χ3n) is 2.31. The van der Waals surface area contributed by atoms with Gasteiger partial charge in [0.15, 0.2) is 0 Å². The Morgan fingerprint density at radius 3 is 2.88 bits per heavy atom. The van der Waals surface area contributed by atoms with Crippen molar-refractivity contribution >= 4 is 11.7 Å². The van der Waals surface area contributed by atoms with Crippen LogP contribution in [0.15, 0.2) is 18.2 Å². The van der Waals surface area contributed by atoms with Crippen molar-refractivity contribution < 1.29 is 13.9 Å². The molecule has 17 heavy (non-hydrogen) atoms. The first-order chi connectivity index (χ1) is 8.13. The van der Waals surface area contributed by atoms with Crippen LogP contribution in [-0.2, 0) is 9.53 Å². The fraction of sp³-hybridized carbons (Fsp3) is 0.462. The van der Waals surface area contributed by atoms with E-state index in [1.54, 1.807) is 12.1 Å². The van der Waals surface area contributed by atoms with Crippen LogP contribution in [0.3, 0.4) is 0 Å². The molecule has 0 amide bonds. The number of ether oxygens (including phenoxy) is 1. The van der Waals surface area contributed by atoms with Gasteiger partial charge in [0.05, 0.1) is 12.3 Å². The highest BCUT2D eigenvalue weighted by Crippen LogP contribution is 2.14. The summed E-state index contributed by atoms with van der Waals surface area (Å²) in [7, 11) is 0. The summed E-state index contributed by atoms with van der Waals surface area (Å²) in [6.07, 6.45) is 1.83. The van der Waals surface area contributed by atoms with Gasteiger partial charge in [-0.1, -0.05) is 19.4 Å². The van der Waals surface area contributed by atoms with Crippen molar-refractivity contribution in [1.29, 1.82) is 0 Å². The second-order valence-corrected chi connectivity index (χ2v) is 3.91. The average molecular weight is 239 g/mol. The first kappa shape index (κ1) is 13.5. The van der Waals surface area contributed by atoms with E-state index in [-0.39, 0.29) is 18.3 Å². The minimum Gasteiger partial charge on any atom is -0.464 e. The van der Waals surface area contributed by atoms with E-state index in [4.69, 9.17) is 4.74 Å². The number of rotatable bonds is 6. The SMILES string of the molecule is CCCCOC(=O)CNc1ccc(C)cc1F. The van der Waals surface area contributed by atoms with Crippen LogP contribution in [0.25, 0.3) is 0 Å². The smallest absolute Gasteiger partial charge is 0.325 e. The van der Waals surface area contributed by atoms with E-state index in [2.05, 4.69) is 5.32 Å². The van der Waals surface area contributed by atoms with Crippen molar-refractivity contribution in [1.82, 2.24) is 0 Å². The lowest BCUT2D eigenvalue weighted by Gasteiger charge is -2.08. The van der Waals surface area contributed by atoms with Gasteiger partial charge in [-0.15, -0.1) is 0 Å². The van der Waals surface area contributed by atoms with Crippen LogP contribution < -0.4 is 5.32 Å². The van der Waals surface area contributed by atoms with Gasteiger partial charge < -0.3 is 10.1 Å². The molecule has 0 bridgehead atoms. The highest BCUT2D eigenvalue weighted by Gasteiger charge is 2.05. The monoisotopic (exact) mass is 239 g/mol. The Kier molecular flexibility index (Phi) is 5.46. The number of esters is 1. The fourth-order valence-electron chi connectivity index (χ4n) is 1.31. The largest absolute Gasteiger partial charge is 0.464 e. The van der Waals surface area contributed by atoms with Gasteiger partial charge in [0.1, 0.15) is 12.4 Å². The minimum absolute atomic E-state index is 0.0102. The van der Waals surface area contributed by atoms with E-state index in [1.165, 1.54) is 6.07 Å². The van der Waals surface area contributed by atoms with Crippen molar-refractivity contribution in [2.75, 3.05) is 18.5 Å². The molecule has 1 N–H and O–H groups in total. The van der Waals surface area contributed by atoms with Gasteiger partial charge in [-0.25, -0.2) is 4.39 Å².